The number of para-hydroxylation sites is 1. The molecular weight excluding hydrogens is 264 g/mol. The van der Waals surface area contributed by atoms with Gasteiger partial charge in [0, 0.05) is 10.3 Å². The summed E-state index contributed by atoms with van der Waals surface area (Å²) in [5, 5.41) is 1.43. The lowest BCUT2D eigenvalue weighted by atomic mass is 10.1. The summed E-state index contributed by atoms with van der Waals surface area (Å²) in [7, 11) is 0. The number of thiophene rings is 1. The zero-order valence-electron chi connectivity index (χ0n) is 10.1. The fourth-order valence-electron chi connectivity index (χ4n) is 1.92. The first-order valence-corrected chi connectivity index (χ1v) is 6.84. The number of halogens is 1. The Balaban J connectivity index is 2.29. The molecule has 0 aliphatic carbocycles. The maximum atomic E-state index is 6.24. The van der Waals surface area contributed by atoms with Gasteiger partial charge in [-0.15, -0.1) is 11.3 Å². The van der Waals surface area contributed by atoms with Crippen LogP contribution in [0.5, 0.6) is 0 Å². The number of hydrogen-bond acceptors (Lipinski definition) is 3. The predicted molar refractivity (Wildman–Crippen MR) is 77.3 cm³/mol. The lowest BCUT2D eigenvalue weighted by Gasteiger charge is -2.05. The number of nitrogens with zero attached hydrogens (tertiary/aromatic N) is 2. The monoisotopic (exact) mass is 274 g/mol. The standard InChI is InChI=1S/C14H11ClN2S/c1-8-4-3-5-10-12(8)16-14(17-13(10)15)11-7-6-9(2)18-11/h3-7H,1-2H3. The van der Waals surface area contributed by atoms with E-state index in [9.17, 15) is 0 Å². The number of hydrogen-bond donors (Lipinski definition) is 0. The van der Waals surface area contributed by atoms with Gasteiger partial charge in [-0.05, 0) is 37.6 Å². The van der Waals surface area contributed by atoms with Crippen LogP contribution in [0, 0.1) is 13.8 Å². The van der Waals surface area contributed by atoms with Gasteiger partial charge in [-0.3, -0.25) is 0 Å². The second-order valence-corrected chi connectivity index (χ2v) is 5.87. The predicted octanol–water partition coefficient (Wildman–Crippen LogP) is 4.63. The van der Waals surface area contributed by atoms with Crippen LogP contribution in [0.15, 0.2) is 30.3 Å². The quantitative estimate of drug-likeness (QED) is 0.605. The van der Waals surface area contributed by atoms with Crippen molar-refractivity contribution in [2.75, 3.05) is 0 Å². The topological polar surface area (TPSA) is 25.8 Å². The minimum absolute atomic E-state index is 0.518. The maximum absolute atomic E-state index is 6.24. The van der Waals surface area contributed by atoms with Gasteiger partial charge in [0.1, 0.15) is 5.15 Å². The highest BCUT2D eigenvalue weighted by Crippen LogP contribution is 2.29. The van der Waals surface area contributed by atoms with E-state index >= 15 is 0 Å². The number of aryl methyl sites for hydroxylation is 2. The molecule has 0 saturated heterocycles. The summed E-state index contributed by atoms with van der Waals surface area (Å²) in [6.45, 7) is 4.11. The van der Waals surface area contributed by atoms with E-state index in [0.29, 0.717) is 11.0 Å². The SMILES string of the molecule is Cc1ccc(-c2nc(Cl)c3cccc(C)c3n2)s1. The van der Waals surface area contributed by atoms with Gasteiger partial charge in [-0.1, -0.05) is 23.7 Å². The van der Waals surface area contributed by atoms with Crippen molar-refractivity contribution in [1.82, 2.24) is 9.97 Å². The summed E-state index contributed by atoms with van der Waals surface area (Å²) in [6.07, 6.45) is 0. The van der Waals surface area contributed by atoms with E-state index in [2.05, 4.69) is 23.0 Å². The van der Waals surface area contributed by atoms with Gasteiger partial charge in [-0.2, -0.15) is 0 Å². The molecule has 0 aliphatic heterocycles. The van der Waals surface area contributed by atoms with Crippen LogP contribution in [0.3, 0.4) is 0 Å². The summed E-state index contributed by atoms with van der Waals surface area (Å²) >= 11 is 7.92. The molecule has 0 unspecified atom stereocenters. The van der Waals surface area contributed by atoms with Crippen molar-refractivity contribution in [2.45, 2.75) is 13.8 Å². The summed E-state index contributed by atoms with van der Waals surface area (Å²) in [5.41, 5.74) is 2.05. The molecule has 2 heterocycles. The smallest absolute Gasteiger partial charge is 0.171 e. The molecule has 0 spiro atoms. The molecular formula is C14H11ClN2S. The molecule has 0 bridgehead atoms. The van der Waals surface area contributed by atoms with E-state index in [-0.39, 0.29) is 0 Å². The Hall–Kier alpha value is -1.45. The van der Waals surface area contributed by atoms with Crippen molar-refractivity contribution in [3.05, 3.63) is 45.9 Å². The fraction of sp³-hybridized carbons (Fsp3) is 0.143. The van der Waals surface area contributed by atoms with Crippen LogP contribution >= 0.6 is 22.9 Å². The molecule has 1 aromatic carbocycles. The molecule has 3 rings (SSSR count). The summed E-state index contributed by atoms with van der Waals surface area (Å²) < 4.78 is 0. The van der Waals surface area contributed by atoms with Gasteiger partial charge in [0.05, 0.1) is 10.4 Å². The van der Waals surface area contributed by atoms with Gasteiger partial charge < -0.3 is 0 Å². The first-order valence-electron chi connectivity index (χ1n) is 5.65. The molecule has 0 fully saturated rings. The lowest BCUT2D eigenvalue weighted by Crippen LogP contribution is -1.92. The fourth-order valence-corrected chi connectivity index (χ4v) is 2.96. The van der Waals surface area contributed by atoms with E-state index in [1.807, 2.05) is 31.2 Å². The zero-order valence-corrected chi connectivity index (χ0v) is 11.6. The molecule has 2 nitrogen and oxygen atoms in total. The third-order valence-corrected chi connectivity index (χ3v) is 4.13. The minimum Gasteiger partial charge on any atom is -0.227 e. The minimum atomic E-state index is 0.518. The van der Waals surface area contributed by atoms with Crippen LogP contribution in [0.2, 0.25) is 5.15 Å². The van der Waals surface area contributed by atoms with Crippen LogP contribution in [0.25, 0.3) is 21.6 Å². The average Bonchev–Trinajstić information content (AvgIpc) is 2.77. The van der Waals surface area contributed by atoms with Gasteiger partial charge in [0.2, 0.25) is 0 Å². The van der Waals surface area contributed by atoms with Gasteiger partial charge >= 0.3 is 0 Å². The largest absolute Gasteiger partial charge is 0.227 e. The molecule has 0 aliphatic rings. The molecule has 0 N–H and O–H groups in total. The molecule has 0 saturated carbocycles. The van der Waals surface area contributed by atoms with Crippen molar-refractivity contribution in [3.8, 4) is 10.7 Å². The Morgan fingerprint density at radius 3 is 2.61 bits per heavy atom. The van der Waals surface area contributed by atoms with Gasteiger partial charge in [-0.25, -0.2) is 9.97 Å². The second kappa shape index (κ2) is 4.34. The third kappa shape index (κ3) is 1.89. The molecule has 2 aromatic heterocycles. The summed E-state index contributed by atoms with van der Waals surface area (Å²) in [6, 6.07) is 10.1. The molecule has 0 atom stereocenters. The highest BCUT2D eigenvalue weighted by atomic mass is 35.5. The molecule has 3 aromatic rings. The molecule has 90 valence electrons. The Kier molecular flexibility index (Phi) is 2.80. The first-order chi connectivity index (χ1) is 8.65. The Morgan fingerprint density at radius 2 is 1.89 bits per heavy atom. The summed E-state index contributed by atoms with van der Waals surface area (Å²) in [5.74, 6) is 0.708. The third-order valence-electron chi connectivity index (χ3n) is 2.84. The molecule has 18 heavy (non-hydrogen) atoms. The van der Waals surface area contributed by atoms with Gasteiger partial charge in [0.15, 0.2) is 5.82 Å². The van der Waals surface area contributed by atoms with E-state index in [1.165, 1.54) is 4.88 Å². The van der Waals surface area contributed by atoms with Crippen LogP contribution in [-0.4, -0.2) is 9.97 Å². The van der Waals surface area contributed by atoms with Crippen LogP contribution in [0.4, 0.5) is 0 Å². The van der Waals surface area contributed by atoms with Crippen LogP contribution in [-0.2, 0) is 0 Å². The number of benzene rings is 1. The highest BCUT2D eigenvalue weighted by molar-refractivity contribution is 7.15. The van der Waals surface area contributed by atoms with Crippen LogP contribution in [0.1, 0.15) is 10.4 Å². The number of fused-ring (bicyclic) bond motifs is 1. The number of aromatic nitrogens is 2. The Morgan fingerprint density at radius 1 is 1.06 bits per heavy atom. The van der Waals surface area contributed by atoms with E-state index in [0.717, 1.165) is 21.3 Å². The molecule has 0 amide bonds. The second-order valence-electron chi connectivity index (χ2n) is 4.22. The van der Waals surface area contributed by atoms with Crippen molar-refractivity contribution in [1.29, 1.82) is 0 Å². The highest BCUT2D eigenvalue weighted by Gasteiger charge is 2.10. The van der Waals surface area contributed by atoms with E-state index < -0.39 is 0 Å². The maximum Gasteiger partial charge on any atom is 0.171 e. The first kappa shape index (κ1) is 11.6. The van der Waals surface area contributed by atoms with Crippen molar-refractivity contribution in [3.63, 3.8) is 0 Å². The average molecular weight is 275 g/mol. The Bertz CT molecular complexity index is 734. The molecule has 4 heteroatoms. The van der Waals surface area contributed by atoms with E-state index in [1.54, 1.807) is 11.3 Å². The number of rotatable bonds is 1. The lowest BCUT2D eigenvalue weighted by molar-refractivity contribution is 1.23. The van der Waals surface area contributed by atoms with Crippen LogP contribution < -0.4 is 0 Å². The van der Waals surface area contributed by atoms with Crippen molar-refractivity contribution < 1.29 is 0 Å². The Labute approximate surface area is 114 Å². The van der Waals surface area contributed by atoms with Crippen molar-refractivity contribution in [2.24, 2.45) is 0 Å². The summed E-state index contributed by atoms with van der Waals surface area (Å²) in [4.78, 5) is 11.3. The van der Waals surface area contributed by atoms with Gasteiger partial charge in [0.25, 0.3) is 0 Å². The van der Waals surface area contributed by atoms with E-state index in [4.69, 9.17) is 11.6 Å². The zero-order chi connectivity index (χ0) is 12.7. The normalized spacial score (nSPS) is 11.1. The van der Waals surface area contributed by atoms with Crippen molar-refractivity contribution >= 4 is 33.8 Å². The molecule has 0 radical (unpaired) electrons.